The van der Waals surface area contributed by atoms with E-state index in [0.717, 1.165) is 10.1 Å². The zero-order chi connectivity index (χ0) is 6.15. The number of allylic oxidation sites excluding steroid dienone is 1. The zero-order valence-corrected chi connectivity index (χ0v) is 6.44. The first-order valence-electron chi connectivity index (χ1n) is 2.49. The molecule has 1 rings (SSSR count). The van der Waals surface area contributed by atoms with E-state index in [2.05, 4.69) is 12.2 Å². The third-order valence-electron chi connectivity index (χ3n) is 0.995. The summed E-state index contributed by atoms with van der Waals surface area (Å²) in [5, 5.41) is 3.64. The number of hydrogen-bond acceptors (Lipinski definition) is 2. The Morgan fingerprint density at radius 1 is 1.75 bits per heavy atom. The van der Waals surface area contributed by atoms with Gasteiger partial charge in [-0.1, -0.05) is 23.4 Å². The van der Waals surface area contributed by atoms with Crippen LogP contribution in [0, 0.1) is 0 Å². The van der Waals surface area contributed by atoms with Crippen LogP contribution in [0.3, 0.4) is 0 Å². The lowest BCUT2D eigenvalue weighted by molar-refractivity contribution is 0.821. The van der Waals surface area contributed by atoms with Gasteiger partial charge in [0.1, 0.15) is 0 Å². The van der Waals surface area contributed by atoms with E-state index in [1.54, 1.807) is 11.8 Å². The van der Waals surface area contributed by atoms with E-state index in [1.165, 1.54) is 0 Å². The summed E-state index contributed by atoms with van der Waals surface area (Å²) >= 11 is 7.40. The molecule has 0 aromatic heterocycles. The van der Waals surface area contributed by atoms with E-state index >= 15 is 0 Å². The normalized spacial score (nSPS) is 28.6. The van der Waals surface area contributed by atoms with E-state index in [4.69, 9.17) is 11.6 Å². The molecule has 0 radical (unpaired) electrons. The van der Waals surface area contributed by atoms with E-state index < -0.39 is 0 Å². The molecule has 0 fully saturated rings. The van der Waals surface area contributed by atoms with Gasteiger partial charge in [0, 0.05) is 5.70 Å². The predicted molar refractivity (Wildman–Crippen MR) is 38.7 cm³/mol. The maximum atomic E-state index is 5.74. The van der Waals surface area contributed by atoms with Gasteiger partial charge < -0.3 is 5.32 Å². The molecular formula is C5H8ClNS. The maximum absolute atomic E-state index is 5.74. The van der Waals surface area contributed by atoms with Crippen molar-refractivity contribution in [2.24, 2.45) is 0 Å². The van der Waals surface area contributed by atoms with Crippen molar-refractivity contribution in [2.75, 3.05) is 0 Å². The Morgan fingerprint density at radius 2 is 2.38 bits per heavy atom. The third-order valence-corrected chi connectivity index (χ3v) is 2.53. The first-order valence-corrected chi connectivity index (χ1v) is 3.75. The van der Waals surface area contributed by atoms with Gasteiger partial charge in [-0.05, 0) is 13.8 Å². The molecule has 0 aromatic carbocycles. The molecule has 1 nitrogen and oxygen atoms in total. The first kappa shape index (κ1) is 6.30. The largest absolute Gasteiger partial charge is 0.375 e. The highest BCUT2D eigenvalue weighted by Crippen LogP contribution is 2.32. The van der Waals surface area contributed by atoms with Gasteiger partial charge in [0.15, 0.2) is 0 Å². The number of hydrogen-bond donors (Lipinski definition) is 1. The molecule has 46 valence electrons. The minimum atomic E-state index is 0.461. The van der Waals surface area contributed by atoms with E-state index in [0.29, 0.717) is 5.37 Å². The second-order valence-corrected chi connectivity index (χ2v) is 3.76. The topological polar surface area (TPSA) is 12.0 Å². The van der Waals surface area contributed by atoms with Crippen LogP contribution in [0.4, 0.5) is 0 Å². The summed E-state index contributed by atoms with van der Waals surface area (Å²) in [5.41, 5.74) is 1.10. The van der Waals surface area contributed by atoms with Gasteiger partial charge in [-0.25, -0.2) is 0 Å². The van der Waals surface area contributed by atoms with Crippen LogP contribution >= 0.6 is 23.4 Å². The standard InChI is InChI=1S/C5H8ClNS/c1-3-5(6)8-4(2)7-3/h4,7H,1-2H3. The molecular weight excluding hydrogens is 142 g/mol. The van der Waals surface area contributed by atoms with Crippen molar-refractivity contribution in [3.05, 3.63) is 10.1 Å². The van der Waals surface area contributed by atoms with Gasteiger partial charge in [-0.3, -0.25) is 0 Å². The van der Waals surface area contributed by atoms with Gasteiger partial charge in [0.05, 0.1) is 9.74 Å². The number of thioether (sulfide) groups is 1. The van der Waals surface area contributed by atoms with Crippen LogP contribution in [-0.2, 0) is 0 Å². The number of halogens is 1. The molecule has 1 unspecified atom stereocenters. The van der Waals surface area contributed by atoms with Crippen molar-refractivity contribution in [3.63, 3.8) is 0 Å². The Bertz CT molecular complexity index is 118. The summed E-state index contributed by atoms with van der Waals surface area (Å²) in [5.74, 6) is 0. The monoisotopic (exact) mass is 149 g/mol. The van der Waals surface area contributed by atoms with Crippen molar-refractivity contribution >= 4 is 23.4 Å². The lowest BCUT2D eigenvalue weighted by atomic mass is 10.5. The molecule has 0 bridgehead atoms. The molecule has 1 aliphatic rings. The molecule has 0 saturated heterocycles. The van der Waals surface area contributed by atoms with Crippen LogP contribution in [0.5, 0.6) is 0 Å². The minimum Gasteiger partial charge on any atom is -0.375 e. The molecule has 0 spiro atoms. The smallest absolute Gasteiger partial charge is 0.0941 e. The fourth-order valence-electron chi connectivity index (χ4n) is 0.635. The quantitative estimate of drug-likeness (QED) is 0.566. The molecule has 0 amide bonds. The van der Waals surface area contributed by atoms with Gasteiger partial charge in [0.2, 0.25) is 0 Å². The minimum absolute atomic E-state index is 0.461. The average Bonchev–Trinajstić information content (AvgIpc) is 1.85. The highest BCUT2D eigenvalue weighted by molar-refractivity contribution is 8.05. The summed E-state index contributed by atoms with van der Waals surface area (Å²) in [6.07, 6.45) is 0. The van der Waals surface area contributed by atoms with Gasteiger partial charge in [-0.2, -0.15) is 0 Å². The summed E-state index contributed by atoms with van der Waals surface area (Å²) in [7, 11) is 0. The fourth-order valence-corrected chi connectivity index (χ4v) is 1.87. The van der Waals surface area contributed by atoms with Gasteiger partial charge >= 0.3 is 0 Å². The maximum Gasteiger partial charge on any atom is 0.0941 e. The highest BCUT2D eigenvalue weighted by Gasteiger charge is 2.14. The first-order chi connectivity index (χ1) is 3.70. The molecule has 3 heteroatoms. The molecule has 1 atom stereocenters. The van der Waals surface area contributed by atoms with E-state index in [-0.39, 0.29) is 0 Å². The number of nitrogens with one attached hydrogen (secondary N) is 1. The van der Waals surface area contributed by atoms with Crippen LogP contribution in [0.2, 0.25) is 0 Å². The summed E-state index contributed by atoms with van der Waals surface area (Å²) in [6.45, 7) is 4.07. The second-order valence-electron chi connectivity index (χ2n) is 1.80. The van der Waals surface area contributed by atoms with Crippen molar-refractivity contribution in [2.45, 2.75) is 19.2 Å². The summed E-state index contributed by atoms with van der Waals surface area (Å²) in [4.78, 5) is 0. The van der Waals surface area contributed by atoms with Gasteiger partial charge in [0.25, 0.3) is 0 Å². The molecule has 1 aliphatic heterocycles. The van der Waals surface area contributed by atoms with Gasteiger partial charge in [-0.15, -0.1) is 0 Å². The van der Waals surface area contributed by atoms with Crippen LogP contribution in [0.25, 0.3) is 0 Å². The number of rotatable bonds is 0. The Morgan fingerprint density at radius 3 is 2.50 bits per heavy atom. The third kappa shape index (κ3) is 1.12. The zero-order valence-electron chi connectivity index (χ0n) is 4.86. The van der Waals surface area contributed by atoms with Crippen molar-refractivity contribution in [3.8, 4) is 0 Å². The van der Waals surface area contributed by atoms with E-state index in [9.17, 15) is 0 Å². The molecule has 1 N–H and O–H groups in total. The Balaban J connectivity index is 2.60. The van der Waals surface area contributed by atoms with Crippen molar-refractivity contribution < 1.29 is 0 Å². The van der Waals surface area contributed by atoms with Crippen LogP contribution in [0.15, 0.2) is 10.1 Å². The Labute approximate surface area is 58.5 Å². The lowest BCUT2D eigenvalue weighted by Gasteiger charge is -2.00. The Hall–Kier alpha value is 0.180. The molecule has 1 heterocycles. The van der Waals surface area contributed by atoms with E-state index in [1.807, 2.05) is 6.92 Å². The van der Waals surface area contributed by atoms with Crippen LogP contribution in [0.1, 0.15) is 13.8 Å². The van der Waals surface area contributed by atoms with Crippen molar-refractivity contribution in [1.29, 1.82) is 0 Å². The molecule has 0 aromatic rings. The molecule has 0 saturated carbocycles. The summed E-state index contributed by atoms with van der Waals surface area (Å²) in [6, 6.07) is 0. The van der Waals surface area contributed by atoms with Crippen molar-refractivity contribution in [1.82, 2.24) is 5.32 Å². The predicted octanol–water partition coefficient (Wildman–Crippen LogP) is 2.10. The molecule has 8 heavy (non-hydrogen) atoms. The van der Waals surface area contributed by atoms with Crippen LogP contribution in [-0.4, -0.2) is 5.37 Å². The Kier molecular flexibility index (Phi) is 1.73. The summed E-state index contributed by atoms with van der Waals surface area (Å²) < 4.78 is 0.900. The average molecular weight is 150 g/mol. The molecule has 0 aliphatic carbocycles. The second kappa shape index (κ2) is 2.19. The lowest BCUT2D eigenvalue weighted by Crippen LogP contribution is -2.13. The van der Waals surface area contributed by atoms with Crippen LogP contribution < -0.4 is 5.32 Å². The SMILES string of the molecule is CC1=C(Cl)SC(C)N1. The fraction of sp³-hybridized carbons (Fsp3) is 0.600. The highest BCUT2D eigenvalue weighted by atomic mass is 35.5.